The molecule has 0 spiro atoms. The molecule has 1 unspecified atom stereocenters. The Morgan fingerprint density at radius 1 is 1.14 bits per heavy atom. The minimum Gasteiger partial charge on any atom is -0.481 e. The Hall–Kier alpha value is -2.82. The van der Waals surface area contributed by atoms with Gasteiger partial charge in [-0.05, 0) is 31.2 Å². The van der Waals surface area contributed by atoms with Crippen LogP contribution in [0.1, 0.15) is 18.4 Å². The normalized spacial score (nSPS) is 12.2. The average Bonchev–Trinajstić information content (AvgIpc) is 3.16. The van der Waals surface area contributed by atoms with Crippen LogP contribution in [0.3, 0.4) is 0 Å². The van der Waals surface area contributed by atoms with Crippen molar-refractivity contribution in [2.75, 3.05) is 0 Å². The molecule has 0 radical (unpaired) electrons. The standard InChI is InChI=1S/C16H15N3O2/c1-12(16(20)21)14-11-17-19(13-7-3-2-4-8-13)15(14)18-9-5-6-10-18/h2-12H,1H3,(H,20,21). The largest absolute Gasteiger partial charge is 0.481 e. The zero-order valence-electron chi connectivity index (χ0n) is 11.5. The average molecular weight is 281 g/mol. The highest BCUT2D eigenvalue weighted by Gasteiger charge is 2.23. The van der Waals surface area contributed by atoms with Crippen molar-refractivity contribution in [3.63, 3.8) is 0 Å². The summed E-state index contributed by atoms with van der Waals surface area (Å²) in [6.45, 7) is 1.67. The lowest BCUT2D eigenvalue weighted by atomic mass is 10.0. The summed E-state index contributed by atoms with van der Waals surface area (Å²) in [7, 11) is 0. The predicted molar refractivity (Wildman–Crippen MR) is 78.9 cm³/mol. The van der Waals surface area contributed by atoms with Crippen molar-refractivity contribution in [3.8, 4) is 11.5 Å². The van der Waals surface area contributed by atoms with Gasteiger partial charge in [0.2, 0.25) is 0 Å². The van der Waals surface area contributed by atoms with Gasteiger partial charge in [0.25, 0.3) is 0 Å². The van der Waals surface area contributed by atoms with E-state index in [1.807, 2.05) is 59.4 Å². The van der Waals surface area contributed by atoms with E-state index in [0.717, 1.165) is 11.5 Å². The zero-order chi connectivity index (χ0) is 14.8. The first kappa shape index (κ1) is 13.2. The molecular formula is C16H15N3O2. The maximum atomic E-state index is 11.3. The second-order valence-corrected chi connectivity index (χ2v) is 4.82. The smallest absolute Gasteiger partial charge is 0.310 e. The fourth-order valence-corrected chi connectivity index (χ4v) is 2.29. The predicted octanol–water partition coefficient (Wildman–Crippen LogP) is 2.85. The second kappa shape index (κ2) is 5.28. The van der Waals surface area contributed by atoms with Crippen molar-refractivity contribution >= 4 is 5.97 Å². The lowest BCUT2D eigenvalue weighted by molar-refractivity contribution is -0.138. The molecule has 3 aromatic rings. The quantitative estimate of drug-likeness (QED) is 0.800. The number of carbonyl (C=O) groups is 1. The van der Waals surface area contributed by atoms with Crippen molar-refractivity contribution in [2.24, 2.45) is 0 Å². The van der Waals surface area contributed by atoms with Gasteiger partial charge in [0, 0.05) is 18.0 Å². The van der Waals surface area contributed by atoms with Crippen LogP contribution in [0.4, 0.5) is 0 Å². The molecular weight excluding hydrogens is 266 g/mol. The number of aliphatic carboxylic acids is 1. The summed E-state index contributed by atoms with van der Waals surface area (Å²) in [5.41, 5.74) is 1.58. The Labute approximate surface area is 122 Å². The van der Waals surface area contributed by atoms with Gasteiger partial charge < -0.3 is 9.67 Å². The Balaban J connectivity index is 2.21. The van der Waals surface area contributed by atoms with Gasteiger partial charge >= 0.3 is 5.97 Å². The van der Waals surface area contributed by atoms with Crippen molar-refractivity contribution in [2.45, 2.75) is 12.8 Å². The molecule has 0 aliphatic rings. The summed E-state index contributed by atoms with van der Waals surface area (Å²) in [5, 5.41) is 13.7. The lowest BCUT2D eigenvalue weighted by Crippen LogP contribution is -2.11. The van der Waals surface area contributed by atoms with E-state index in [1.54, 1.807) is 17.8 Å². The summed E-state index contributed by atoms with van der Waals surface area (Å²) in [5.74, 6) is -0.739. The Kier molecular flexibility index (Phi) is 3.31. The van der Waals surface area contributed by atoms with Crippen molar-refractivity contribution < 1.29 is 9.90 Å². The van der Waals surface area contributed by atoms with E-state index in [2.05, 4.69) is 5.10 Å². The van der Waals surface area contributed by atoms with E-state index in [1.165, 1.54) is 0 Å². The molecule has 5 nitrogen and oxygen atoms in total. The van der Waals surface area contributed by atoms with Crippen molar-refractivity contribution in [1.82, 2.24) is 14.3 Å². The van der Waals surface area contributed by atoms with Gasteiger partial charge in [0.05, 0.1) is 17.8 Å². The van der Waals surface area contributed by atoms with Crippen LogP contribution >= 0.6 is 0 Å². The summed E-state index contributed by atoms with van der Waals surface area (Å²) >= 11 is 0. The van der Waals surface area contributed by atoms with Crippen LogP contribution in [0.2, 0.25) is 0 Å². The molecule has 0 amide bonds. The number of nitrogens with zero attached hydrogens (tertiary/aromatic N) is 3. The molecule has 1 aromatic carbocycles. The zero-order valence-corrected chi connectivity index (χ0v) is 11.5. The first-order chi connectivity index (χ1) is 10.2. The molecule has 2 heterocycles. The Morgan fingerprint density at radius 2 is 1.81 bits per heavy atom. The van der Waals surface area contributed by atoms with Crippen LogP contribution in [0.15, 0.2) is 61.1 Å². The van der Waals surface area contributed by atoms with E-state index in [4.69, 9.17) is 0 Å². The van der Waals surface area contributed by atoms with Gasteiger partial charge in [-0.25, -0.2) is 4.68 Å². The first-order valence-corrected chi connectivity index (χ1v) is 6.68. The molecule has 0 bridgehead atoms. The van der Waals surface area contributed by atoms with Gasteiger partial charge in [-0.3, -0.25) is 4.79 Å². The summed E-state index contributed by atoms with van der Waals surface area (Å²) in [4.78, 5) is 11.3. The maximum Gasteiger partial charge on any atom is 0.310 e. The number of para-hydroxylation sites is 1. The molecule has 0 saturated heterocycles. The molecule has 1 atom stereocenters. The van der Waals surface area contributed by atoms with Crippen molar-refractivity contribution in [1.29, 1.82) is 0 Å². The molecule has 2 aromatic heterocycles. The minimum absolute atomic E-state index is 0.625. The van der Waals surface area contributed by atoms with Crippen LogP contribution in [0, 0.1) is 0 Å². The first-order valence-electron chi connectivity index (χ1n) is 6.68. The molecule has 0 aliphatic heterocycles. The third-order valence-corrected chi connectivity index (χ3v) is 3.46. The third-order valence-electron chi connectivity index (χ3n) is 3.46. The molecule has 3 rings (SSSR count). The molecule has 1 N–H and O–H groups in total. The highest BCUT2D eigenvalue weighted by Crippen LogP contribution is 2.26. The fourth-order valence-electron chi connectivity index (χ4n) is 2.29. The van der Waals surface area contributed by atoms with Gasteiger partial charge in [-0.1, -0.05) is 18.2 Å². The van der Waals surface area contributed by atoms with Crippen LogP contribution < -0.4 is 0 Å². The van der Waals surface area contributed by atoms with E-state index < -0.39 is 11.9 Å². The number of aromatic nitrogens is 3. The lowest BCUT2D eigenvalue weighted by Gasteiger charge is -2.12. The van der Waals surface area contributed by atoms with E-state index in [-0.39, 0.29) is 0 Å². The number of carboxylic acid groups (broad SMARTS) is 1. The molecule has 0 aliphatic carbocycles. The highest BCUT2D eigenvalue weighted by atomic mass is 16.4. The topological polar surface area (TPSA) is 60.0 Å². The molecule has 0 fully saturated rings. The molecule has 0 saturated carbocycles. The third kappa shape index (κ3) is 2.33. The Bertz CT molecular complexity index is 745. The van der Waals surface area contributed by atoms with Crippen LogP contribution in [-0.2, 0) is 4.79 Å². The summed E-state index contributed by atoms with van der Waals surface area (Å²) < 4.78 is 3.64. The summed E-state index contributed by atoms with van der Waals surface area (Å²) in [6.07, 6.45) is 5.39. The van der Waals surface area contributed by atoms with Gasteiger partial charge in [0.15, 0.2) is 0 Å². The number of carboxylic acids is 1. The number of rotatable bonds is 4. The number of hydrogen-bond donors (Lipinski definition) is 1. The molecule has 5 heteroatoms. The second-order valence-electron chi connectivity index (χ2n) is 4.82. The van der Waals surface area contributed by atoms with E-state index >= 15 is 0 Å². The monoisotopic (exact) mass is 281 g/mol. The fraction of sp³-hybridized carbons (Fsp3) is 0.125. The highest BCUT2D eigenvalue weighted by molar-refractivity contribution is 5.77. The van der Waals surface area contributed by atoms with E-state index in [9.17, 15) is 9.90 Å². The van der Waals surface area contributed by atoms with Gasteiger partial charge in [-0.15, -0.1) is 0 Å². The summed E-state index contributed by atoms with van der Waals surface area (Å²) in [6, 6.07) is 13.5. The molecule has 21 heavy (non-hydrogen) atoms. The molecule has 106 valence electrons. The SMILES string of the molecule is CC(C(=O)O)c1cnn(-c2ccccc2)c1-n1cccc1. The van der Waals surface area contributed by atoms with Crippen LogP contribution in [0.5, 0.6) is 0 Å². The van der Waals surface area contributed by atoms with E-state index in [0.29, 0.717) is 5.56 Å². The van der Waals surface area contributed by atoms with Gasteiger partial charge in [-0.2, -0.15) is 5.10 Å². The number of hydrogen-bond acceptors (Lipinski definition) is 2. The van der Waals surface area contributed by atoms with Gasteiger partial charge in [0.1, 0.15) is 5.82 Å². The van der Waals surface area contributed by atoms with Crippen LogP contribution in [0.25, 0.3) is 11.5 Å². The van der Waals surface area contributed by atoms with Crippen LogP contribution in [-0.4, -0.2) is 25.4 Å². The maximum absolute atomic E-state index is 11.3. The minimum atomic E-state index is -0.865. The van der Waals surface area contributed by atoms with Crippen molar-refractivity contribution in [3.05, 3.63) is 66.6 Å². The number of benzene rings is 1. The Morgan fingerprint density at radius 3 is 2.43 bits per heavy atom.